The summed E-state index contributed by atoms with van der Waals surface area (Å²) in [6.07, 6.45) is 2.54. The molecule has 1 saturated carbocycles. The molecule has 3 amide bonds. The number of carbonyl (C=O) groups is 2. The van der Waals surface area contributed by atoms with Crippen LogP contribution >= 0.6 is 11.8 Å². The normalized spacial score (nSPS) is 28.6. The lowest BCUT2D eigenvalue weighted by atomic mass is 10.2. The van der Waals surface area contributed by atoms with E-state index in [4.69, 9.17) is 0 Å². The second-order valence-electron chi connectivity index (χ2n) is 5.68. The van der Waals surface area contributed by atoms with E-state index in [9.17, 15) is 9.59 Å². The molecule has 20 heavy (non-hydrogen) atoms. The van der Waals surface area contributed by atoms with Gasteiger partial charge >= 0.3 is 6.03 Å². The Bertz CT molecular complexity index is 364. The lowest BCUT2D eigenvalue weighted by Gasteiger charge is -2.17. The van der Waals surface area contributed by atoms with E-state index < -0.39 is 0 Å². The van der Waals surface area contributed by atoms with Gasteiger partial charge in [-0.1, -0.05) is 13.8 Å². The highest BCUT2D eigenvalue weighted by Crippen LogP contribution is 2.37. The van der Waals surface area contributed by atoms with E-state index in [0.717, 1.165) is 24.3 Å². The molecular weight excluding hydrogens is 274 g/mol. The Morgan fingerprint density at radius 2 is 2.25 bits per heavy atom. The lowest BCUT2D eigenvalue weighted by molar-refractivity contribution is -0.128. The third kappa shape index (κ3) is 4.30. The average Bonchev–Trinajstić information content (AvgIpc) is 3.01. The second-order valence-corrected chi connectivity index (χ2v) is 7.07. The number of carbonyl (C=O) groups excluding carboxylic acids is 2. The van der Waals surface area contributed by atoms with Gasteiger partial charge in [0.1, 0.15) is 0 Å². The Morgan fingerprint density at radius 3 is 2.90 bits per heavy atom. The minimum Gasteiger partial charge on any atom is -0.338 e. The number of thioether (sulfide) groups is 1. The predicted octanol–water partition coefficient (Wildman–Crippen LogP) is 1.44. The van der Waals surface area contributed by atoms with Gasteiger partial charge in [-0.3, -0.25) is 4.79 Å². The standard InChI is InChI=1S/C14H25N3O2S/c1-3-20-6-4-5-15-14(19)16-11-8-13(18)17(9-11)12-7-10(12)2/h10-12H,3-9H2,1-2H3,(H2,15,16,19)/t10-,11+,12+/m0/s1. The van der Waals surface area contributed by atoms with Crippen LogP contribution in [0.1, 0.15) is 33.1 Å². The summed E-state index contributed by atoms with van der Waals surface area (Å²) >= 11 is 1.88. The van der Waals surface area contributed by atoms with E-state index in [1.165, 1.54) is 0 Å². The fraction of sp³-hybridized carbons (Fsp3) is 0.857. The number of hydrogen-bond acceptors (Lipinski definition) is 3. The molecule has 3 atom stereocenters. The summed E-state index contributed by atoms with van der Waals surface area (Å²) in [7, 11) is 0. The molecule has 0 unspecified atom stereocenters. The molecule has 0 aromatic rings. The highest BCUT2D eigenvalue weighted by atomic mass is 32.2. The number of nitrogens with zero attached hydrogens (tertiary/aromatic N) is 1. The zero-order chi connectivity index (χ0) is 14.5. The van der Waals surface area contributed by atoms with Crippen LogP contribution in [0, 0.1) is 5.92 Å². The molecule has 6 heteroatoms. The maximum Gasteiger partial charge on any atom is 0.315 e. The van der Waals surface area contributed by atoms with E-state index in [0.29, 0.717) is 31.5 Å². The lowest BCUT2D eigenvalue weighted by Crippen LogP contribution is -2.43. The van der Waals surface area contributed by atoms with Gasteiger partial charge in [-0.25, -0.2) is 4.79 Å². The van der Waals surface area contributed by atoms with Crippen LogP contribution in [0.2, 0.25) is 0 Å². The van der Waals surface area contributed by atoms with Crippen molar-refractivity contribution in [3.63, 3.8) is 0 Å². The van der Waals surface area contributed by atoms with Crippen molar-refractivity contribution in [2.24, 2.45) is 5.92 Å². The monoisotopic (exact) mass is 299 g/mol. The molecule has 114 valence electrons. The van der Waals surface area contributed by atoms with Crippen LogP contribution in [-0.4, -0.2) is 53.5 Å². The third-order valence-electron chi connectivity index (χ3n) is 3.92. The first-order valence-electron chi connectivity index (χ1n) is 7.53. The van der Waals surface area contributed by atoms with Gasteiger partial charge in [0.25, 0.3) is 0 Å². The Morgan fingerprint density at radius 1 is 1.50 bits per heavy atom. The quantitative estimate of drug-likeness (QED) is 0.699. The summed E-state index contributed by atoms with van der Waals surface area (Å²) in [5.74, 6) is 3.00. The SMILES string of the molecule is CCSCCCNC(=O)N[C@@H]1CC(=O)N([C@@H]2C[C@@H]2C)C1. The molecule has 2 N–H and O–H groups in total. The topological polar surface area (TPSA) is 61.4 Å². The fourth-order valence-electron chi connectivity index (χ4n) is 2.64. The van der Waals surface area contributed by atoms with Crippen molar-refractivity contribution < 1.29 is 9.59 Å². The zero-order valence-corrected chi connectivity index (χ0v) is 13.2. The van der Waals surface area contributed by atoms with Gasteiger partial charge in [-0.2, -0.15) is 11.8 Å². The van der Waals surface area contributed by atoms with Gasteiger partial charge in [0.2, 0.25) is 5.91 Å². The van der Waals surface area contributed by atoms with Crippen molar-refractivity contribution in [3.8, 4) is 0 Å². The van der Waals surface area contributed by atoms with Crippen molar-refractivity contribution in [1.29, 1.82) is 0 Å². The van der Waals surface area contributed by atoms with Crippen molar-refractivity contribution in [2.75, 3.05) is 24.6 Å². The molecule has 0 bridgehead atoms. The summed E-state index contributed by atoms with van der Waals surface area (Å²) in [4.78, 5) is 25.6. The van der Waals surface area contributed by atoms with Crippen LogP contribution in [0.25, 0.3) is 0 Å². The number of rotatable bonds is 7. The molecular formula is C14H25N3O2S. The first-order chi connectivity index (χ1) is 9.61. The molecule has 2 fully saturated rings. The molecule has 0 aromatic heterocycles. The number of likely N-dealkylation sites (tertiary alicyclic amines) is 1. The Kier molecular flexibility index (Phi) is 5.57. The summed E-state index contributed by atoms with van der Waals surface area (Å²) in [5.41, 5.74) is 0. The summed E-state index contributed by atoms with van der Waals surface area (Å²) < 4.78 is 0. The molecule has 1 aliphatic carbocycles. The third-order valence-corrected chi connectivity index (χ3v) is 4.90. The van der Waals surface area contributed by atoms with Crippen LogP contribution in [0.3, 0.4) is 0 Å². The fourth-order valence-corrected chi connectivity index (χ4v) is 3.28. The number of hydrogen-bond donors (Lipinski definition) is 2. The van der Waals surface area contributed by atoms with Crippen molar-refractivity contribution in [2.45, 2.75) is 45.2 Å². The summed E-state index contributed by atoms with van der Waals surface area (Å²) in [6, 6.07) is 0.249. The van der Waals surface area contributed by atoms with E-state index in [1.807, 2.05) is 16.7 Å². The minimum absolute atomic E-state index is 0.0275. The van der Waals surface area contributed by atoms with Crippen LogP contribution in [0.5, 0.6) is 0 Å². The second kappa shape index (κ2) is 7.20. The number of urea groups is 1. The van der Waals surface area contributed by atoms with Gasteiger partial charge in [0.05, 0.1) is 6.04 Å². The predicted molar refractivity (Wildman–Crippen MR) is 81.8 cm³/mol. The molecule has 0 spiro atoms. The largest absolute Gasteiger partial charge is 0.338 e. The maximum absolute atomic E-state index is 11.9. The van der Waals surface area contributed by atoms with Gasteiger partial charge in [-0.15, -0.1) is 0 Å². The van der Waals surface area contributed by atoms with Crippen LogP contribution < -0.4 is 10.6 Å². The van der Waals surface area contributed by atoms with E-state index in [1.54, 1.807) is 0 Å². The van der Waals surface area contributed by atoms with Crippen LogP contribution in [-0.2, 0) is 4.79 Å². The first kappa shape index (κ1) is 15.5. The van der Waals surface area contributed by atoms with Gasteiger partial charge in [0, 0.05) is 25.6 Å². The molecule has 1 aliphatic heterocycles. The van der Waals surface area contributed by atoms with Crippen molar-refractivity contribution >= 4 is 23.7 Å². The first-order valence-corrected chi connectivity index (χ1v) is 8.68. The van der Waals surface area contributed by atoms with Gasteiger partial charge in [-0.05, 0) is 30.3 Å². The van der Waals surface area contributed by atoms with Gasteiger partial charge < -0.3 is 15.5 Å². The maximum atomic E-state index is 11.9. The Balaban J connectivity index is 1.61. The molecule has 0 radical (unpaired) electrons. The molecule has 2 aliphatic rings. The molecule has 5 nitrogen and oxygen atoms in total. The van der Waals surface area contributed by atoms with E-state index in [2.05, 4.69) is 24.5 Å². The average molecular weight is 299 g/mol. The highest BCUT2D eigenvalue weighted by molar-refractivity contribution is 7.99. The summed E-state index contributed by atoms with van der Waals surface area (Å²) in [6.45, 7) is 5.67. The van der Waals surface area contributed by atoms with Crippen LogP contribution in [0.4, 0.5) is 4.79 Å². The molecule has 0 aromatic carbocycles. The van der Waals surface area contributed by atoms with E-state index >= 15 is 0 Å². The minimum atomic E-state index is -0.144. The number of nitrogens with one attached hydrogen (secondary N) is 2. The van der Waals surface area contributed by atoms with E-state index in [-0.39, 0.29) is 18.0 Å². The number of amides is 3. The molecule has 2 rings (SSSR count). The smallest absolute Gasteiger partial charge is 0.315 e. The molecule has 1 heterocycles. The van der Waals surface area contributed by atoms with Gasteiger partial charge in [0.15, 0.2) is 0 Å². The van der Waals surface area contributed by atoms with Crippen molar-refractivity contribution in [1.82, 2.24) is 15.5 Å². The van der Waals surface area contributed by atoms with Crippen molar-refractivity contribution in [3.05, 3.63) is 0 Å². The Labute approximate surface area is 125 Å². The van der Waals surface area contributed by atoms with Crippen LogP contribution in [0.15, 0.2) is 0 Å². The Hall–Kier alpha value is -0.910. The molecule has 1 saturated heterocycles. The zero-order valence-electron chi connectivity index (χ0n) is 12.4. The highest BCUT2D eigenvalue weighted by Gasteiger charge is 2.44. The summed E-state index contributed by atoms with van der Waals surface area (Å²) in [5, 5.41) is 5.77.